The van der Waals surface area contributed by atoms with E-state index in [1.54, 1.807) is 12.3 Å². The van der Waals surface area contributed by atoms with E-state index in [9.17, 15) is 4.79 Å². The van der Waals surface area contributed by atoms with Gasteiger partial charge in [0, 0.05) is 24.2 Å². The van der Waals surface area contributed by atoms with Gasteiger partial charge in [-0.3, -0.25) is 9.78 Å². The third-order valence-corrected chi connectivity index (χ3v) is 4.09. The number of para-hydroxylation sites is 1. The molecule has 0 spiro atoms. The first-order valence-electron chi connectivity index (χ1n) is 9.41. The molecule has 0 aliphatic carbocycles. The Labute approximate surface area is 165 Å². The molecule has 1 N–H and O–H groups in total. The molecule has 0 fully saturated rings. The number of fused-ring (bicyclic) bond motifs is 1. The third kappa shape index (κ3) is 5.58. The zero-order chi connectivity index (χ0) is 19.6. The van der Waals surface area contributed by atoms with Crippen LogP contribution >= 0.6 is 0 Å². The molecule has 0 aliphatic heterocycles. The molecule has 1 heterocycles. The fourth-order valence-corrected chi connectivity index (χ4v) is 2.73. The van der Waals surface area contributed by atoms with E-state index in [0.29, 0.717) is 26.2 Å². The van der Waals surface area contributed by atoms with Crippen molar-refractivity contribution in [3.8, 4) is 11.5 Å². The van der Waals surface area contributed by atoms with E-state index in [-0.39, 0.29) is 5.91 Å². The number of pyridine rings is 1. The summed E-state index contributed by atoms with van der Waals surface area (Å²) in [5, 5.41) is 3.91. The number of hydrogen-bond donors (Lipinski definition) is 1. The van der Waals surface area contributed by atoms with Gasteiger partial charge in [-0.2, -0.15) is 0 Å². The molecule has 144 valence electrons. The molecular weight excluding hydrogens is 352 g/mol. The van der Waals surface area contributed by atoms with Crippen LogP contribution in [0, 0.1) is 0 Å². The van der Waals surface area contributed by atoms with Crippen molar-refractivity contribution in [1.29, 1.82) is 0 Å². The van der Waals surface area contributed by atoms with Crippen molar-refractivity contribution in [2.75, 3.05) is 19.8 Å². The molecule has 0 saturated heterocycles. The average Bonchev–Trinajstić information content (AvgIpc) is 2.73. The normalized spacial score (nSPS) is 10.9. The Balaban J connectivity index is 1.39. The van der Waals surface area contributed by atoms with Crippen LogP contribution in [0.3, 0.4) is 0 Å². The minimum absolute atomic E-state index is 0.124. The first-order chi connectivity index (χ1) is 13.8. The maximum atomic E-state index is 11.9. The molecule has 0 saturated carbocycles. The molecule has 1 amide bonds. The van der Waals surface area contributed by atoms with Crippen molar-refractivity contribution in [3.05, 3.63) is 72.4 Å². The lowest BCUT2D eigenvalue weighted by Crippen LogP contribution is -2.23. The van der Waals surface area contributed by atoms with Crippen molar-refractivity contribution < 1.29 is 14.3 Å². The van der Waals surface area contributed by atoms with E-state index in [2.05, 4.69) is 10.3 Å². The average molecular weight is 376 g/mol. The van der Waals surface area contributed by atoms with Gasteiger partial charge in [0.1, 0.15) is 17.0 Å². The summed E-state index contributed by atoms with van der Waals surface area (Å²) in [4.78, 5) is 16.3. The zero-order valence-electron chi connectivity index (χ0n) is 15.9. The fourth-order valence-electron chi connectivity index (χ4n) is 2.73. The van der Waals surface area contributed by atoms with Crippen molar-refractivity contribution in [3.63, 3.8) is 0 Å². The number of carbonyl (C=O) groups excluding carboxylic acids is 1. The second-order valence-electron chi connectivity index (χ2n) is 6.16. The summed E-state index contributed by atoms with van der Waals surface area (Å²) < 4.78 is 11.2. The number of nitrogens with one attached hydrogen (secondary N) is 1. The topological polar surface area (TPSA) is 60.5 Å². The van der Waals surface area contributed by atoms with Crippen LogP contribution in [0.4, 0.5) is 0 Å². The first-order valence-corrected chi connectivity index (χ1v) is 9.41. The van der Waals surface area contributed by atoms with Crippen LogP contribution in [-0.4, -0.2) is 30.6 Å². The molecule has 5 nitrogen and oxygen atoms in total. The zero-order valence-corrected chi connectivity index (χ0v) is 15.9. The summed E-state index contributed by atoms with van der Waals surface area (Å²) in [6.45, 7) is 3.64. The van der Waals surface area contributed by atoms with E-state index in [0.717, 1.165) is 28.0 Å². The molecule has 28 heavy (non-hydrogen) atoms. The standard InChI is InChI=1S/C23H24N2O3/c1-2-27-20-12-9-18(10-13-20)11-14-22(26)24-16-5-17-28-21-8-3-6-19-7-4-15-25-23(19)21/h3-4,6-15H,2,5,16-17H2,1H3,(H,24,26)/b14-11+. The molecule has 0 radical (unpaired) electrons. The molecular formula is C23H24N2O3. The van der Waals surface area contributed by atoms with Gasteiger partial charge in [-0.05, 0) is 49.2 Å². The summed E-state index contributed by atoms with van der Waals surface area (Å²) in [7, 11) is 0. The molecule has 0 unspecified atom stereocenters. The van der Waals surface area contributed by atoms with Crippen LogP contribution in [0.1, 0.15) is 18.9 Å². The highest BCUT2D eigenvalue weighted by Crippen LogP contribution is 2.22. The van der Waals surface area contributed by atoms with Gasteiger partial charge < -0.3 is 14.8 Å². The number of amides is 1. The maximum Gasteiger partial charge on any atom is 0.244 e. The Morgan fingerprint density at radius 2 is 1.89 bits per heavy atom. The highest BCUT2D eigenvalue weighted by molar-refractivity contribution is 5.91. The van der Waals surface area contributed by atoms with Gasteiger partial charge in [-0.25, -0.2) is 0 Å². The molecule has 1 aromatic heterocycles. The number of ether oxygens (including phenoxy) is 2. The highest BCUT2D eigenvalue weighted by atomic mass is 16.5. The highest BCUT2D eigenvalue weighted by Gasteiger charge is 2.02. The van der Waals surface area contributed by atoms with E-state index in [1.165, 1.54) is 6.08 Å². The summed E-state index contributed by atoms with van der Waals surface area (Å²) in [6.07, 6.45) is 5.78. The van der Waals surface area contributed by atoms with Gasteiger partial charge in [0.25, 0.3) is 0 Å². The number of carbonyl (C=O) groups is 1. The van der Waals surface area contributed by atoms with Gasteiger partial charge in [-0.15, -0.1) is 0 Å². The molecule has 0 bridgehead atoms. The van der Waals surface area contributed by atoms with Crippen molar-refractivity contribution >= 4 is 22.9 Å². The van der Waals surface area contributed by atoms with E-state index >= 15 is 0 Å². The number of nitrogens with zero attached hydrogens (tertiary/aromatic N) is 1. The van der Waals surface area contributed by atoms with Gasteiger partial charge in [0.2, 0.25) is 5.91 Å². The Bertz CT molecular complexity index is 931. The molecule has 0 aliphatic rings. The molecule has 3 aromatic rings. The van der Waals surface area contributed by atoms with Crippen molar-refractivity contribution in [2.45, 2.75) is 13.3 Å². The minimum Gasteiger partial charge on any atom is -0.494 e. The lowest BCUT2D eigenvalue weighted by Gasteiger charge is -2.08. The van der Waals surface area contributed by atoms with Gasteiger partial charge >= 0.3 is 0 Å². The Morgan fingerprint density at radius 3 is 2.71 bits per heavy atom. The van der Waals surface area contributed by atoms with Crippen LogP contribution in [0.5, 0.6) is 11.5 Å². The monoisotopic (exact) mass is 376 g/mol. The first kappa shape index (κ1) is 19.4. The number of rotatable bonds is 9. The van der Waals surface area contributed by atoms with E-state index in [1.807, 2.05) is 61.5 Å². The van der Waals surface area contributed by atoms with Gasteiger partial charge in [0.05, 0.1) is 13.2 Å². The Morgan fingerprint density at radius 1 is 1.07 bits per heavy atom. The van der Waals surface area contributed by atoms with Gasteiger partial charge in [0.15, 0.2) is 0 Å². The fraction of sp³-hybridized carbons (Fsp3) is 0.217. The summed E-state index contributed by atoms with van der Waals surface area (Å²) >= 11 is 0. The van der Waals surface area contributed by atoms with Crippen molar-refractivity contribution in [1.82, 2.24) is 10.3 Å². The molecule has 5 heteroatoms. The number of benzene rings is 2. The summed E-state index contributed by atoms with van der Waals surface area (Å²) in [5.41, 5.74) is 1.80. The minimum atomic E-state index is -0.124. The second kappa shape index (κ2) is 10.1. The van der Waals surface area contributed by atoms with E-state index in [4.69, 9.17) is 9.47 Å². The SMILES string of the molecule is CCOc1ccc(/C=C/C(=O)NCCCOc2cccc3cccnc23)cc1. The lowest BCUT2D eigenvalue weighted by atomic mass is 10.2. The Kier molecular flexibility index (Phi) is 7.01. The predicted molar refractivity (Wildman–Crippen MR) is 112 cm³/mol. The smallest absolute Gasteiger partial charge is 0.244 e. The largest absolute Gasteiger partial charge is 0.494 e. The van der Waals surface area contributed by atoms with Crippen LogP contribution in [0.2, 0.25) is 0 Å². The quantitative estimate of drug-likeness (QED) is 0.448. The van der Waals surface area contributed by atoms with Crippen LogP contribution in [0.15, 0.2) is 66.9 Å². The number of hydrogen-bond acceptors (Lipinski definition) is 4. The van der Waals surface area contributed by atoms with Crippen LogP contribution in [0.25, 0.3) is 17.0 Å². The second-order valence-corrected chi connectivity index (χ2v) is 6.16. The molecule has 2 aromatic carbocycles. The predicted octanol–water partition coefficient (Wildman–Crippen LogP) is 4.23. The van der Waals surface area contributed by atoms with Crippen molar-refractivity contribution in [2.24, 2.45) is 0 Å². The lowest BCUT2D eigenvalue weighted by molar-refractivity contribution is -0.116. The molecule has 0 atom stereocenters. The third-order valence-electron chi connectivity index (χ3n) is 4.09. The molecule has 3 rings (SSSR count). The van der Waals surface area contributed by atoms with Gasteiger partial charge in [-0.1, -0.05) is 30.3 Å². The number of aromatic nitrogens is 1. The van der Waals surface area contributed by atoms with Crippen LogP contribution in [-0.2, 0) is 4.79 Å². The summed E-state index contributed by atoms with van der Waals surface area (Å²) in [5.74, 6) is 1.46. The van der Waals surface area contributed by atoms with E-state index < -0.39 is 0 Å². The maximum absolute atomic E-state index is 11.9. The Hall–Kier alpha value is -3.34. The van der Waals surface area contributed by atoms with Crippen LogP contribution < -0.4 is 14.8 Å². The summed E-state index contributed by atoms with van der Waals surface area (Å²) in [6, 6.07) is 17.4.